The predicted molar refractivity (Wildman–Crippen MR) is 138 cm³/mol. The van der Waals surface area contributed by atoms with Gasteiger partial charge in [-0.2, -0.15) is 18.3 Å². The molecule has 0 N–H and O–H groups in total. The van der Waals surface area contributed by atoms with Gasteiger partial charge < -0.3 is 9.47 Å². The Balaban J connectivity index is 1.49. The van der Waals surface area contributed by atoms with Gasteiger partial charge in [0, 0.05) is 17.9 Å². The lowest BCUT2D eigenvalue weighted by Crippen LogP contribution is -2.06. The molecule has 0 fully saturated rings. The normalized spacial score (nSPS) is 11.5. The molecule has 0 aliphatic rings. The van der Waals surface area contributed by atoms with E-state index in [1.54, 1.807) is 53.2 Å². The van der Waals surface area contributed by atoms with Gasteiger partial charge in [0.1, 0.15) is 23.6 Å². The van der Waals surface area contributed by atoms with E-state index in [0.29, 0.717) is 34.7 Å². The van der Waals surface area contributed by atoms with Crippen LogP contribution in [-0.2, 0) is 24.1 Å². The van der Waals surface area contributed by atoms with Gasteiger partial charge in [-0.05, 0) is 41.5 Å². The summed E-state index contributed by atoms with van der Waals surface area (Å²) < 4.78 is 54.1. The minimum absolute atomic E-state index is 0.0925. The number of rotatable bonds is 7. The third kappa shape index (κ3) is 5.54. The number of hydrogen-bond donors (Lipinski definition) is 0. The Hall–Kier alpha value is -4.59. The van der Waals surface area contributed by atoms with E-state index in [1.807, 2.05) is 36.4 Å². The quantitative estimate of drug-likeness (QED) is 0.169. The molecule has 5 nitrogen and oxygen atoms in total. The maximum atomic E-state index is 13.8. The van der Waals surface area contributed by atoms with Gasteiger partial charge in [0.25, 0.3) is 0 Å². The highest BCUT2D eigenvalue weighted by atomic mass is 19.4. The molecule has 1 aromatic heterocycles. The third-order valence-corrected chi connectivity index (χ3v) is 5.95. The van der Waals surface area contributed by atoms with Crippen molar-refractivity contribution in [3.05, 3.63) is 114 Å². The van der Waals surface area contributed by atoms with Crippen LogP contribution in [0, 0.1) is 0 Å². The van der Waals surface area contributed by atoms with Crippen molar-refractivity contribution in [2.24, 2.45) is 0 Å². The number of halogens is 3. The van der Waals surface area contributed by atoms with Crippen LogP contribution >= 0.6 is 0 Å². The zero-order valence-electron chi connectivity index (χ0n) is 20.4. The molecular weight excluding hydrogens is 493 g/mol. The van der Waals surface area contributed by atoms with Crippen LogP contribution in [0.25, 0.3) is 22.2 Å². The Labute approximate surface area is 217 Å². The molecule has 5 rings (SSSR count). The van der Waals surface area contributed by atoms with Crippen LogP contribution in [0.15, 0.2) is 97.1 Å². The molecule has 0 saturated heterocycles. The van der Waals surface area contributed by atoms with E-state index in [-0.39, 0.29) is 12.1 Å². The van der Waals surface area contributed by atoms with E-state index in [0.717, 1.165) is 17.2 Å². The minimum Gasteiger partial charge on any atom is -0.489 e. The standard InChI is InChI=1S/C30H23F3N2O3/c1-20(36)38-24-15-13-22(14-16-24)19-37-25-10-5-9-23(17-25)29-26-11-6-12-27(30(31,32)33)28(26)34-35(29)18-21-7-3-2-4-8-21/h2-17H,18-19H2,1H3. The summed E-state index contributed by atoms with van der Waals surface area (Å²) in [7, 11) is 0. The Bertz CT molecular complexity index is 1580. The Kier molecular flexibility index (Phi) is 6.87. The van der Waals surface area contributed by atoms with E-state index in [2.05, 4.69) is 5.10 Å². The summed E-state index contributed by atoms with van der Waals surface area (Å²) in [6.45, 7) is 1.90. The molecule has 1 heterocycles. The van der Waals surface area contributed by atoms with Crippen LogP contribution in [0.2, 0.25) is 0 Å². The fourth-order valence-corrected chi connectivity index (χ4v) is 4.28. The zero-order valence-corrected chi connectivity index (χ0v) is 20.4. The molecule has 0 aliphatic carbocycles. The predicted octanol–water partition coefficient (Wildman–Crippen LogP) is 7.27. The highest BCUT2D eigenvalue weighted by Gasteiger charge is 2.34. The number of esters is 1. The zero-order chi connectivity index (χ0) is 26.7. The molecule has 5 aromatic rings. The SMILES string of the molecule is CC(=O)Oc1ccc(COc2cccc(-c3c4cccc(C(F)(F)F)c4nn3Cc3ccccc3)c2)cc1. The molecule has 192 valence electrons. The van der Waals surface area contributed by atoms with Gasteiger partial charge in [-0.3, -0.25) is 9.48 Å². The highest BCUT2D eigenvalue weighted by Crippen LogP contribution is 2.38. The highest BCUT2D eigenvalue weighted by molar-refractivity contribution is 5.95. The second-order valence-electron chi connectivity index (χ2n) is 8.75. The number of hydrogen-bond acceptors (Lipinski definition) is 4. The molecule has 4 aromatic carbocycles. The van der Waals surface area contributed by atoms with E-state index in [1.165, 1.54) is 13.0 Å². The van der Waals surface area contributed by atoms with Crippen molar-refractivity contribution >= 4 is 16.9 Å². The smallest absolute Gasteiger partial charge is 0.418 e. The second-order valence-corrected chi connectivity index (χ2v) is 8.75. The summed E-state index contributed by atoms with van der Waals surface area (Å²) in [6, 6.07) is 27.8. The second kappa shape index (κ2) is 10.4. The van der Waals surface area contributed by atoms with Crippen molar-refractivity contribution in [1.82, 2.24) is 9.78 Å². The number of fused-ring (bicyclic) bond motifs is 1. The average molecular weight is 517 g/mol. The maximum Gasteiger partial charge on any atom is 0.418 e. The van der Waals surface area contributed by atoms with Crippen LogP contribution in [0.3, 0.4) is 0 Å². The molecule has 38 heavy (non-hydrogen) atoms. The molecular formula is C30H23F3N2O3. The van der Waals surface area contributed by atoms with E-state index >= 15 is 0 Å². The summed E-state index contributed by atoms with van der Waals surface area (Å²) in [5.74, 6) is 0.603. The average Bonchev–Trinajstić information content (AvgIpc) is 3.26. The third-order valence-electron chi connectivity index (χ3n) is 5.95. The van der Waals surface area contributed by atoms with Crippen molar-refractivity contribution in [3.63, 3.8) is 0 Å². The van der Waals surface area contributed by atoms with Gasteiger partial charge in [0.2, 0.25) is 0 Å². The Morgan fingerprint density at radius 1 is 0.842 bits per heavy atom. The number of ether oxygens (including phenoxy) is 2. The maximum absolute atomic E-state index is 13.8. The fraction of sp³-hybridized carbons (Fsp3) is 0.133. The van der Waals surface area contributed by atoms with Crippen LogP contribution < -0.4 is 9.47 Å². The Morgan fingerprint density at radius 2 is 1.58 bits per heavy atom. The molecule has 0 atom stereocenters. The number of alkyl halides is 3. The van der Waals surface area contributed by atoms with Crippen molar-refractivity contribution in [2.75, 3.05) is 0 Å². The number of nitrogens with zero attached hydrogens (tertiary/aromatic N) is 2. The van der Waals surface area contributed by atoms with Gasteiger partial charge >= 0.3 is 12.1 Å². The van der Waals surface area contributed by atoms with Crippen LogP contribution in [0.5, 0.6) is 11.5 Å². The lowest BCUT2D eigenvalue weighted by molar-refractivity contribution is -0.136. The first-order valence-electron chi connectivity index (χ1n) is 11.9. The molecule has 0 bridgehead atoms. The fourth-order valence-electron chi connectivity index (χ4n) is 4.28. The molecule has 0 spiro atoms. The summed E-state index contributed by atoms with van der Waals surface area (Å²) in [5, 5.41) is 4.83. The van der Waals surface area contributed by atoms with Crippen molar-refractivity contribution in [1.29, 1.82) is 0 Å². The number of carbonyl (C=O) groups excluding carboxylic acids is 1. The largest absolute Gasteiger partial charge is 0.489 e. The molecule has 0 unspecified atom stereocenters. The minimum atomic E-state index is -4.53. The summed E-state index contributed by atoms with van der Waals surface area (Å²) in [6.07, 6.45) is -4.53. The summed E-state index contributed by atoms with van der Waals surface area (Å²) in [4.78, 5) is 11.1. The van der Waals surface area contributed by atoms with Gasteiger partial charge in [-0.1, -0.05) is 66.7 Å². The van der Waals surface area contributed by atoms with Gasteiger partial charge in [-0.15, -0.1) is 0 Å². The van der Waals surface area contributed by atoms with Gasteiger partial charge in [-0.25, -0.2) is 0 Å². The molecule has 0 aliphatic heterocycles. The monoisotopic (exact) mass is 516 g/mol. The summed E-state index contributed by atoms with van der Waals surface area (Å²) >= 11 is 0. The van der Waals surface area contributed by atoms with Crippen molar-refractivity contribution in [3.8, 4) is 22.8 Å². The van der Waals surface area contributed by atoms with Gasteiger partial charge in [0.15, 0.2) is 0 Å². The first kappa shape index (κ1) is 25.1. The van der Waals surface area contributed by atoms with E-state index in [9.17, 15) is 18.0 Å². The van der Waals surface area contributed by atoms with Crippen LogP contribution in [-0.4, -0.2) is 15.7 Å². The van der Waals surface area contributed by atoms with Crippen molar-refractivity contribution in [2.45, 2.75) is 26.3 Å². The molecule has 0 amide bonds. The van der Waals surface area contributed by atoms with E-state index in [4.69, 9.17) is 9.47 Å². The molecule has 0 radical (unpaired) electrons. The van der Waals surface area contributed by atoms with Crippen LogP contribution in [0.1, 0.15) is 23.6 Å². The number of aromatic nitrogens is 2. The van der Waals surface area contributed by atoms with Crippen LogP contribution in [0.4, 0.5) is 13.2 Å². The lowest BCUT2D eigenvalue weighted by atomic mass is 10.0. The first-order valence-corrected chi connectivity index (χ1v) is 11.9. The molecule has 8 heteroatoms. The summed E-state index contributed by atoms with van der Waals surface area (Å²) in [5.41, 5.74) is 2.18. The van der Waals surface area contributed by atoms with E-state index < -0.39 is 17.7 Å². The Morgan fingerprint density at radius 3 is 2.29 bits per heavy atom. The van der Waals surface area contributed by atoms with Gasteiger partial charge in [0.05, 0.1) is 17.8 Å². The van der Waals surface area contributed by atoms with Crippen molar-refractivity contribution < 1.29 is 27.4 Å². The number of carbonyl (C=O) groups is 1. The topological polar surface area (TPSA) is 53.4 Å². The number of benzene rings is 4. The first-order chi connectivity index (χ1) is 18.3. The lowest BCUT2D eigenvalue weighted by Gasteiger charge is -2.11. The molecule has 0 saturated carbocycles.